The quantitative estimate of drug-likeness (QED) is 0.583. The van der Waals surface area contributed by atoms with Crippen LogP contribution in [0.5, 0.6) is 11.5 Å². The Bertz CT molecular complexity index is 1270. The zero-order valence-electron chi connectivity index (χ0n) is 17.6. The number of nitrogens with zero attached hydrogens (tertiary/aromatic N) is 1. The molecule has 162 valence electrons. The number of methoxy groups -OCH3 is 2. The number of phenolic OH excluding ortho intramolecular Hbond substituents is 1. The van der Waals surface area contributed by atoms with Crippen molar-refractivity contribution in [2.45, 2.75) is 19.9 Å². The maximum absolute atomic E-state index is 13.6. The first-order chi connectivity index (χ1) is 14.8. The Morgan fingerprint density at radius 2 is 1.90 bits per heavy atom. The summed E-state index contributed by atoms with van der Waals surface area (Å²) < 4.78 is 16.9. The van der Waals surface area contributed by atoms with E-state index in [1.807, 2.05) is 19.9 Å². The van der Waals surface area contributed by atoms with Gasteiger partial charge in [-0.05, 0) is 64.7 Å². The van der Waals surface area contributed by atoms with Gasteiger partial charge in [0.1, 0.15) is 5.58 Å². The molecule has 1 aromatic heterocycles. The zero-order valence-corrected chi connectivity index (χ0v) is 19.2. The predicted octanol–water partition coefficient (Wildman–Crippen LogP) is 4.08. The molecule has 7 nitrogen and oxygen atoms in total. The lowest BCUT2D eigenvalue weighted by molar-refractivity contribution is 0.0663. The van der Waals surface area contributed by atoms with Crippen molar-refractivity contribution in [2.24, 2.45) is 0 Å². The first-order valence-electron chi connectivity index (χ1n) is 9.72. The summed E-state index contributed by atoms with van der Waals surface area (Å²) in [6.45, 7) is 4.32. The molecule has 1 N–H and O–H groups in total. The van der Waals surface area contributed by atoms with E-state index in [2.05, 4.69) is 15.9 Å². The fourth-order valence-electron chi connectivity index (χ4n) is 4.15. The summed E-state index contributed by atoms with van der Waals surface area (Å²) >= 11 is 3.33. The van der Waals surface area contributed by atoms with E-state index in [9.17, 15) is 14.7 Å². The number of amides is 1. The van der Waals surface area contributed by atoms with E-state index in [1.165, 1.54) is 7.11 Å². The van der Waals surface area contributed by atoms with Crippen LogP contribution in [0.4, 0.5) is 0 Å². The highest BCUT2D eigenvalue weighted by Gasteiger charge is 2.43. The predicted molar refractivity (Wildman–Crippen MR) is 119 cm³/mol. The molecule has 1 unspecified atom stereocenters. The first-order valence-corrected chi connectivity index (χ1v) is 10.5. The summed E-state index contributed by atoms with van der Waals surface area (Å²) in [6, 6.07) is 6.29. The van der Waals surface area contributed by atoms with E-state index < -0.39 is 6.04 Å². The summed E-state index contributed by atoms with van der Waals surface area (Å²) in [5.41, 5.74) is 2.79. The molecule has 1 atom stereocenters. The molecule has 0 radical (unpaired) electrons. The van der Waals surface area contributed by atoms with Gasteiger partial charge in [0.25, 0.3) is 5.91 Å². The molecular weight excluding hydrogens is 466 g/mol. The molecule has 2 aromatic carbocycles. The second-order valence-electron chi connectivity index (χ2n) is 7.58. The van der Waals surface area contributed by atoms with Gasteiger partial charge in [0.15, 0.2) is 16.9 Å². The van der Waals surface area contributed by atoms with Crippen LogP contribution in [0.1, 0.15) is 38.9 Å². The molecule has 3 aromatic rings. The van der Waals surface area contributed by atoms with Crippen LogP contribution in [0.15, 0.2) is 37.9 Å². The maximum atomic E-state index is 13.6. The smallest absolute Gasteiger partial charge is 0.290 e. The molecule has 31 heavy (non-hydrogen) atoms. The van der Waals surface area contributed by atoms with E-state index >= 15 is 0 Å². The van der Waals surface area contributed by atoms with Crippen molar-refractivity contribution < 1.29 is 23.8 Å². The monoisotopic (exact) mass is 487 g/mol. The number of benzene rings is 2. The number of halogens is 1. The number of aryl methyl sites for hydroxylation is 2. The topological polar surface area (TPSA) is 89.2 Å². The van der Waals surface area contributed by atoms with Gasteiger partial charge in [0, 0.05) is 13.7 Å². The fraction of sp³-hybridized carbons (Fsp3) is 0.304. The molecule has 0 saturated heterocycles. The van der Waals surface area contributed by atoms with Gasteiger partial charge >= 0.3 is 0 Å². The minimum Gasteiger partial charge on any atom is -0.503 e. The molecular formula is C23H22BrNO6. The van der Waals surface area contributed by atoms with Gasteiger partial charge in [-0.15, -0.1) is 0 Å². The third kappa shape index (κ3) is 3.40. The molecule has 1 aliphatic rings. The molecule has 0 saturated carbocycles. The van der Waals surface area contributed by atoms with Crippen molar-refractivity contribution in [3.63, 3.8) is 0 Å². The van der Waals surface area contributed by atoms with E-state index in [0.717, 1.165) is 11.1 Å². The van der Waals surface area contributed by atoms with Gasteiger partial charge in [0.05, 0.1) is 35.2 Å². The first kappa shape index (κ1) is 21.4. The largest absolute Gasteiger partial charge is 0.503 e. The lowest BCUT2D eigenvalue weighted by Crippen LogP contribution is -2.32. The van der Waals surface area contributed by atoms with Crippen LogP contribution in [0.25, 0.3) is 11.0 Å². The number of hydrogen-bond donors (Lipinski definition) is 1. The minimum absolute atomic E-state index is 0.0359. The lowest BCUT2D eigenvalue weighted by Gasteiger charge is -2.25. The minimum atomic E-state index is -0.704. The van der Waals surface area contributed by atoms with Crippen LogP contribution in [-0.2, 0) is 4.74 Å². The van der Waals surface area contributed by atoms with Crippen LogP contribution in [0.2, 0.25) is 0 Å². The second-order valence-corrected chi connectivity index (χ2v) is 8.43. The van der Waals surface area contributed by atoms with E-state index in [4.69, 9.17) is 13.9 Å². The molecule has 2 heterocycles. The summed E-state index contributed by atoms with van der Waals surface area (Å²) in [5.74, 6) is -0.169. The molecule has 0 fully saturated rings. The molecule has 8 heteroatoms. The van der Waals surface area contributed by atoms with Crippen molar-refractivity contribution >= 4 is 32.8 Å². The molecule has 1 aliphatic heterocycles. The standard InChI is InChI=1S/C23H22BrNO6/c1-11-7-12(2)21-14(8-11)19(26)17-18(13-9-15(24)20(27)16(10-13)30-4)25(5-6-29-3)23(28)22(17)31-21/h7-10,18,27H,5-6H2,1-4H3. The lowest BCUT2D eigenvalue weighted by atomic mass is 9.97. The van der Waals surface area contributed by atoms with Gasteiger partial charge in [-0.1, -0.05) is 6.07 Å². The van der Waals surface area contributed by atoms with Crippen LogP contribution < -0.4 is 10.2 Å². The number of carbonyl (C=O) groups is 1. The highest BCUT2D eigenvalue weighted by Crippen LogP contribution is 2.43. The second kappa shape index (κ2) is 8.01. The summed E-state index contributed by atoms with van der Waals surface area (Å²) in [7, 11) is 2.99. The van der Waals surface area contributed by atoms with Crippen molar-refractivity contribution in [3.05, 3.63) is 67.0 Å². The Morgan fingerprint density at radius 3 is 2.58 bits per heavy atom. The highest BCUT2D eigenvalue weighted by molar-refractivity contribution is 9.10. The number of ether oxygens (including phenoxy) is 2. The van der Waals surface area contributed by atoms with Crippen molar-refractivity contribution in [1.82, 2.24) is 4.90 Å². The maximum Gasteiger partial charge on any atom is 0.290 e. The van der Waals surface area contributed by atoms with E-state index in [-0.39, 0.29) is 40.7 Å². The number of hydrogen-bond acceptors (Lipinski definition) is 6. The Morgan fingerprint density at radius 1 is 1.16 bits per heavy atom. The summed E-state index contributed by atoms with van der Waals surface area (Å²) in [5, 5.41) is 10.7. The van der Waals surface area contributed by atoms with Crippen LogP contribution in [0.3, 0.4) is 0 Å². The third-order valence-electron chi connectivity index (χ3n) is 5.52. The number of rotatable bonds is 5. The van der Waals surface area contributed by atoms with Gasteiger partial charge in [0.2, 0.25) is 5.76 Å². The van der Waals surface area contributed by atoms with Gasteiger partial charge in [-0.3, -0.25) is 9.59 Å². The Kier molecular flexibility index (Phi) is 5.53. The average Bonchev–Trinajstić information content (AvgIpc) is 3.01. The van der Waals surface area contributed by atoms with E-state index in [1.54, 1.807) is 30.2 Å². The molecule has 0 aliphatic carbocycles. The number of carbonyl (C=O) groups excluding carboxylic acids is 1. The fourth-order valence-corrected chi connectivity index (χ4v) is 4.61. The Hall–Kier alpha value is -2.84. The average molecular weight is 488 g/mol. The van der Waals surface area contributed by atoms with Gasteiger partial charge < -0.3 is 23.9 Å². The molecule has 1 amide bonds. The molecule has 4 rings (SSSR count). The molecule has 0 spiro atoms. The van der Waals surface area contributed by atoms with Crippen LogP contribution in [-0.4, -0.2) is 43.3 Å². The van der Waals surface area contributed by atoms with Gasteiger partial charge in [-0.25, -0.2) is 0 Å². The van der Waals surface area contributed by atoms with Crippen molar-refractivity contribution in [2.75, 3.05) is 27.4 Å². The number of fused-ring (bicyclic) bond motifs is 2. The number of phenols is 1. The molecule has 0 bridgehead atoms. The highest BCUT2D eigenvalue weighted by atomic mass is 79.9. The summed E-state index contributed by atoms with van der Waals surface area (Å²) in [6.07, 6.45) is 0. The van der Waals surface area contributed by atoms with E-state index in [0.29, 0.717) is 27.6 Å². The Labute approximate surface area is 187 Å². The number of aromatic hydroxyl groups is 1. The van der Waals surface area contributed by atoms with Crippen molar-refractivity contribution in [1.29, 1.82) is 0 Å². The third-order valence-corrected chi connectivity index (χ3v) is 6.12. The van der Waals surface area contributed by atoms with Gasteiger partial charge in [-0.2, -0.15) is 0 Å². The normalized spacial score (nSPS) is 15.6. The Balaban J connectivity index is 2.03. The SMILES string of the molecule is COCCN1C(=O)c2oc3c(C)cc(C)cc3c(=O)c2C1c1cc(Br)c(O)c(OC)c1. The van der Waals surface area contributed by atoms with Crippen LogP contribution >= 0.6 is 15.9 Å². The van der Waals surface area contributed by atoms with Crippen LogP contribution in [0, 0.1) is 13.8 Å². The van der Waals surface area contributed by atoms with Crippen molar-refractivity contribution in [3.8, 4) is 11.5 Å². The summed E-state index contributed by atoms with van der Waals surface area (Å²) in [4.78, 5) is 28.5. The zero-order chi connectivity index (χ0) is 22.4.